The maximum absolute atomic E-state index is 10.8. The number of amides is 1. The fraction of sp³-hybridized carbons (Fsp3) is 0.429. The molecule has 5 nitrogen and oxygen atoms in total. The van der Waals surface area contributed by atoms with Crippen LogP contribution in [0.5, 0.6) is 0 Å². The third-order valence-corrected chi connectivity index (χ3v) is 1.63. The molecule has 66 valence electrons. The molecular weight excluding hydrogens is 156 g/mol. The highest BCUT2D eigenvalue weighted by molar-refractivity contribution is 5.81. The topological polar surface area (TPSA) is 82.2 Å². The predicted octanol–water partition coefficient (Wildman–Crippen LogP) is -0.785. The highest BCUT2D eigenvalue weighted by Crippen LogP contribution is 2.06. The molecule has 0 unspecified atom stereocenters. The van der Waals surface area contributed by atoms with Gasteiger partial charge in [-0.05, 0) is 6.08 Å². The molecule has 0 aromatic carbocycles. The molecule has 1 saturated heterocycles. The number of likely N-dealkylation sites (tertiary alicyclic amines) is 1. The van der Waals surface area contributed by atoms with Crippen LogP contribution in [0.15, 0.2) is 12.3 Å². The quantitative estimate of drug-likeness (QED) is 0.293. The van der Waals surface area contributed by atoms with Gasteiger partial charge in [0.05, 0.1) is 0 Å². The van der Waals surface area contributed by atoms with E-state index >= 15 is 0 Å². The van der Waals surface area contributed by atoms with E-state index in [9.17, 15) is 4.79 Å². The number of carbonyl (C=O) groups is 1. The number of nitrogens with two attached hydrogens (primary N) is 1. The number of hydrogen-bond acceptors (Lipinski definition) is 2. The standard InChI is InChI=1S/C7H12N4O/c8-7(9)10-3-1-4-11-5-2-6(11)12/h1,3H,2,4-5H2,(H4,8,9,10)/b3-1+. The lowest BCUT2D eigenvalue weighted by molar-refractivity contribution is -0.138. The van der Waals surface area contributed by atoms with Crippen molar-refractivity contribution in [2.24, 2.45) is 5.73 Å². The minimum atomic E-state index is -0.0961. The van der Waals surface area contributed by atoms with Crippen molar-refractivity contribution >= 4 is 11.9 Å². The second-order valence-corrected chi connectivity index (χ2v) is 2.55. The van der Waals surface area contributed by atoms with E-state index in [-0.39, 0.29) is 11.9 Å². The van der Waals surface area contributed by atoms with Gasteiger partial charge in [-0.1, -0.05) is 0 Å². The Morgan fingerprint density at radius 2 is 2.58 bits per heavy atom. The molecule has 0 bridgehead atoms. The van der Waals surface area contributed by atoms with Crippen LogP contribution in [0.25, 0.3) is 0 Å². The minimum Gasteiger partial charge on any atom is -0.370 e. The highest BCUT2D eigenvalue weighted by atomic mass is 16.2. The summed E-state index contributed by atoms with van der Waals surface area (Å²) in [6.07, 6.45) is 3.99. The molecule has 12 heavy (non-hydrogen) atoms. The van der Waals surface area contributed by atoms with Gasteiger partial charge < -0.3 is 16.0 Å². The summed E-state index contributed by atoms with van der Waals surface area (Å²) in [6.45, 7) is 1.43. The van der Waals surface area contributed by atoms with Crippen molar-refractivity contribution < 1.29 is 4.79 Å². The van der Waals surface area contributed by atoms with Gasteiger partial charge >= 0.3 is 0 Å². The first kappa shape index (κ1) is 8.58. The van der Waals surface area contributed by atoms with E-state index in [1.54, 1.807) is 17.2 Å². The molecule has 1 rings (SSSR count). The number of β-lactam (4-membered cyclic amide) rings is 1. The molecule has 4 N–H and O–H groups in total. The fourth-order valence-electron chi connectivity index (χ4n) is 0.883. The lowest BCUT2D eigenvalue weighted by atomic mass is 10.2. The molecule has 0 saturated carbocycles. The van der Waals surface area contributed by atoms with E-state index in [2.05, 4.69) is 5.32 Å². The monoisotopic (exact) mass is 168 g/mol. The second-order valence-electron chi connectivity index (χ2n) is 2.55. The lowest BCUT2D eigenvalue weighted by Gasteiger charge is -2.29. The van der Waals surface area contributed by atoms with Crippen molar-refractivity contribution in [1.29, 1.82) is 5.41 Å². The Labute approximate surface area is 70.7 Å². The molecule has 1 fully saturated rings. The Morgan fingerprint density at radius 3 is 3.00 bits per heavy atom. The first-order chi connectivity index (χ1) is 5.70. The Kier molecular flexibility index (Phi) is 2.68. The molecule has 1 aliphatic heterocycles. The normalized spacial score (nSPS) is 16.3. The molecule has 1 amide bonds. The molecule has 5 heteroatoms. The lowest BCUT2D eigenvalue weighted by Crippen LogP contribution is -2.43. The van der Waals surface area contributed by atoms with Gasteiger partial charge in [0.15, 0.2) is 5.96 Å². The van der Waals surface area contributed by atoms with E-state index < -0.39 is 0 Å². The molecule has 1 heterocycles. The third kappa shape index (κ3) is 2.26. The zero-order chi connectivity index (χ0) is 8.97. The summed E-state index contributed by atoms with van der Waals surface area (Å²) in [7, 11) is 0. The number of guanidine groups is 1. The summed E-state index contributed by atoms with van der Waals surface area (Å²) < 4.78 is 0. The van der Waals surface area contributed by atoms with E-state index in [4.69, 9.17) is 11.1 Å². The van der Waals surface area contributed by atoms with Gasteiger partial charge in [-0.25, -0.2) is 0 Å². The largest absolute Gasteiger partial charge is 0.370 e. The van der Waals surface area contributed by atoms with Crippen LogP contribution in [0.4, 0.5) is 0 Å². The highest BCUT2D eigenvalue weighted by Gasteiger charge is 2.21. The first-order valence-electron chi connectivity index (χ1n) is 3.73. The molecular formula is C7H12N4O. The van der Waals surface area contributed by atoms with Crippen molar-refractivity contribution in [3.63, 3.8) is 0 Å². The molecule has 0 radical (unpaired) electrons. The predicted molar refractivity (Wildman–Crippen MR) is 45.4 cm³/mol. The van der Waals surface area contributed by atoms with Crippen LogP contribution in [-0.2, 0) is 4.79 Å². The third-order valence-electron chi connectivity index (χ3n) is 1.63. The van der Waals surface area contributed by atoms with E-state index in [0.717, 1.165) is 6.54 Å². The van der Waals surface area contributed by atoms with Crippen molar-refractivity contribution in [3.05, 3.63) is 12.3 Å². The Hall–Kier alpha value is -1.52. The molecule has 1 aliphatic rings. The number of hydrogen-bond donors (Lipinski definition) is 3. The molecule has 0 aromatic heterocycles. The SMILES string of the molecule is N=C(N)N/C=C/CN1CCC1=O. The van der Waals surface area contributed by atoms with Gasteiger partial charge in [-0.3, -0.25) is 10.2 Å². The van der Waals surface area contributed by atoms with Gasteiger partial charge in [0.2, 0.25) is 5.91 Å². The van der Waals surface area contributed by atoms with Crippen LogP contribution in [0.2, 0.25) is 0 Å². The Bertz CT molecular complexity index is 223. The zero-order valence-electron chi connectivity index (χ0n) is 6.71. The van der Waals surface area contributed by atoms with Crippen LogP contribution in [0.3, 0.4) is 0 Å². The smallest absolute Gasteiger partial charge is 0.224 e. The van der Waals surface area contributed by atoms with Gasteiger partial charge in [0.25, 0.3) is 0 Å². The number of rotatable bonds is 3. The average molecular weight is 168 g/mol. The number of nitrogens with zero attached hydrogens (tertiary/aromatic N) is 1. The summed E-state index contributed by atoms with van der Waals surface area (Å²) >= 11 is 0. The second kappa shape index (κ2) is 3.75. The van der Waals surface area contributed by atoms with Crippen molar-refractivity contribution in [2.75, 3.05) is 13.1 Å². The average Bonchev–Trinajstić information content (AvgIpc) is 2.01. The van der Waals surface area contributed by atoms with Gasteiger partial charge in [0.1, 0.15) is 0 Å². The summed E-state index contributed by atoms with van der Waals surface area (Å²) in [6, 6.07) is 0. The zero-order valence-corrected chi connectivity index (χ0v) is 6.71. The minimum absolute atomic E-state index is 0.0961. The van der Waals surface area contributed by atoms with E-state index in [0.29, 0.717) is 13.0 Å². The summed E-state index contributed by atoms with van der Waals surface area (Å²) in [5, 5.41) is 9.32. The van der Waals surface area contributed by atoms with Crippen LogP contribution >= 0.6 is 0 Å². The van der Waals surface area contributed by atoms with Crippen LogP contribution in [0.1, 0.15) is 6.42 Å². The van der Waals surface area contributed by atoms with E-state index in [1.807, 2.05) is 0 Å². The Morgan fingerprint density at radius 1 is 1.83 bits per heavy atom. The first-order valence-corrected chi connectivity index (χ1v) is 3.73. The fourth-order valence-corrected chi connectivity index (χ4v) is 0.883. The van der Waals surface area contributed by atoms with Gasteiger partial charge in [-0.2, -0.15) is 0 Å². The summed E-state index contributed by atoms with van der Waals surface area (Å²) in [5.41, 5.74) is 5.02. The van der Waals surface area contributed by atoms with Crippen molar-refractivity contribution in [1.82, 2.24) is 10.2 Å². The molecule has 0 aliphatic carbocycles. The van der Waals surface area contributed by atoms with Crippen LogP contribution < -0.4 is 11.1 Å². The van der Waals surface area contributed by atoms with Gasteiger partial charge in [-0.15, -0.1) is 0 Å². The molecule has 0 aromatic rings. The van der Waals surface area contributed by atoms with E-state index in [1.165, 1.54) is 0 Å². The molecule has 0 atom stereocenters. The maximum atomic E-state index is 10.8. The Balaban J connectivity index is 2.12. The van der Waals surface area contributed by atoms with Crippen molar-refractivity contribution in [3.8, 4) is 0 Å². The summed E-state index contributed by atoms with van der Waals surface area (Å²) in [5.74, 6) is 0.0867. The summed E-state index contributed by atoms with van der Waals surface area (Å²) in [4.78, 5) is 12.5. The number of nitrogens with one attached hydrogen (secondary N) is 2. The van der Waals surface area contributed by atoms with Gasteiger partial charge in [0, 0.05) is 25.7 Å². The number of carbonyl (C=O) groups excluding carboxylic acids is 1. The molecule has 0 spiro atoms. The van der Waals surface area contributed by atoms with Crippen LogP contribution in [0, 0.1) is 5.41 Å². The van der Waals surface area contributed by atoms with Crippen molar-refractivity contribution in [2.45, 2.75) is 6.42 Å². The maximum Gasteiger partial charge on any atom is 0.224 e. The van der Waals surface area contributed by atoms with Crippen LogP contribution in [-0.4, -0.2) is 29.9 Å².